The first-order chi connectivity index (χ1) is 11.7. The van der Waals surface area contributed by atoms with Crippen LogP contribution < -0.4 is 0 Å². The Morgan fingerprint density at radius 2 is 1.00 bits per heavy atom. The van der Waals surface area contributed by atoms with Crippen LogP contribution in [0.3, 0.4) is 0 Å². The van der Waals surface area contributed by atoms with Crippen LogP contribution in [-0.4, -0.2) is 0 Å². The second-order valence-corrected chi connectivity index (χ2v) is 7.92. The summed E-state index contributed by atoms with van der Waals surface area (Å²) in [5.74, 6) is 1.43. The average molecular weight is 331 g/mol. The summed E-state index contributed by atoms with van der Waals surface area (Å²) in [6.07, 6.45) is 16.8. The van der Waals surface area contributed by atoms with Crippen molar-refractivity contribution in [1.29, 1.82) is 0 Å². The van der Waals surface area contributed by atoms with E-state index in [0.717, 1.165) is 5.92 Å². The number of hydrogen-bond donors (Lipinski definition) is 0. The van der Waals surface area contributed by atoms with Gasteiger partial charge in [0.15, 0.2) is 0 Å². The molecular formula is C24H42. The zero-order chi connectivity index (χ0) is 17.6. The van der Waals surface area contributed by atoms with Crippen LogP contribution in [0.5, 0.6) is 0 Å². The molecule has 138 valence electrons. The molecule has 0 aliphatic heterocycles. The molecule has 0 radical (unpaired) electrons. The smallest absolute Gasteiger partial charge is 0.0162 e. The largest absolute Gasteiger partial charge is 0.0654 e. The van der Waals surface area contributed by atoms with Crippen molar-refractivity contribution in [1.82, 2.24) is 0 Å². The van der Waals surface area contributed by atoms with E-state index in [1.165, 1.54) is 82.6 Å². The van der Waals surface area contributed by atoms with Gasteiger partial charge in [-0.1, -0.05) is 116 Å². The van der Waals surface area contributed by atoms with Gasteiger partial charge in [0.25, 0.3) is 0 Å². The summed E-state index contributed by atoms with van der Waals surface area (Å²) in [6.45, 7) is 9.17. The highest BCUT2D eigenvalue weighted by Crippen LogP contribution is 2.29. The van der Waals surface area contributed by atoms with Gasteiger partial charge in [0.2, 0.25) is 0 Å². The monoisotopic (exact) mass is 330 g/mol. The summed E-state index contributed by atoms with van der Waals surface area (Å²) in [7, 11) is 0. The Labute approximate surface area is 152 Å². The fraction of sp³-hybridized carbons (Fsp3) is 0.750. The molecule has 1 rings (SSSR count). The summed E-state index contributed by atoms with van der Waals surface area (Å²) in [6, 6.07) is 9.55. The van der Waals surface area contributed by atoms with Gasteiger partial charge in [0, 0.05) is 0 Å². The molecular weight excluding hydrogens is 288 g/mol. The maximum Gasteiger partial charge on any atom is -0.0162 e. The summed E-state index contributed by atoms with van der Waals surface area (Å²) >= 11 is 0. The van der Waals surface area contributed by atoms with Crippen molar-refractivity contribution in [2.24, 2.45) is 0 Å². The molecule has 0 saturated heterocycles. The highest BCUT2D eigenvalue weighted by Gasteiger charge is 2.12. The second-order valence-electron chi connectivity index (χ2n) is 7.92. The van der Waals surface area contributed by atoms with Gasteiger partial charge in [0.05, 0.1) is 0 Å². The molecule has 1 aromatic carbocycles. The predicted octanol–water partition coefficient (Wildman–Crippen LogP) is 8.61. The molecule has 0 saturated carbocycles. The topological polar surface area (TPSA) is 0 Å². The standard InChI is InChI=1S/C24H42/c1-5-7-9-11-12-14-16-23(15-13-10-8-6-2)24-19-17-22(18-20-24)21(3)4/h17-21,23H,5-16H2,1-4H3. The third kappa shape index (κ3) is 8.90. The Morgan fingerprint density at radius 3 is 1.50 bits per heavy atom. The minimum Gasteiger partial charge on any atom is -0.0654 e. The molecule has 0 nitrogen and oxygen atoms in total. The van der Waals surface area contributed by atoms with Gasteiger partial charge in [-0.2, -0.15) is 0 Å². The maximum absolute atomic E-state index is 2.41. The summed E-state index contributed by atoms with van der Waals surface area (Å²) < 4.78 is 0. The van der Waals surface area contributed by atoms with E-state index >= 15 is 0 Å². The van der Waals surface area contributed by atoms with Crippen LogP contribution in [0.4, 0.5) is 0 Å². The normalized spacial score (nSPS) is 12.7. The van der Waals surface area contributed by atoms with E-state index in [0.29, 0.717) is 5.92 Å². The lowest BCUT2D eigenvalue weighted by Gasteiger charge is -2.18. The van der Waals surface area contributed by atoms with Crippen molar-refractivity contribution >= 4 is 0 Å². The van der Waals surface area contributed by atoms with Crippen molar-refractivity contribution in [3.8, 4) is 0 Å². The van der Waals surface area contributed by atoms with Crippen molar-refractivity contribution < 1.29 is 0 Å². The van der Waals surface area contributed by atoms with E-state index in [-0.39, 0.29) is 0 Å². The van der Waals surface area contributed by atoms with E-state index < -0.39 is 0 Å². The maximum atomic E-state index is 2.41. The van der Waals surface area contributed by atoms with Crippen molar-refractivity contribution in [2.75, 3.05) is 0 Å². The molecule has 1 aromatic rings. The highest BCUT2D eigenvalue weighted by atomic mass is 14.2. The quantitative estimate of drug-likeness (QED) is 0.299. The number of hydrogen-bond acceptors (Lipinski definition) is 0. The molecule has 1 atom stereocenters. The van der Waals surface area contributed by atoms with Crippen LogP contribution in [0.2, 0.25) is 0 Å². The molecule has 0 aliphatic rings. The summed E-state index contributed by atoms with van der Waals surface area (Å²) in [4.78, 5) is 0. The first-order valence-corrected chi connectivity index (χ1v) is 10.8. The summed E-state index contributed by atoms with van der Waals surface area (Å²) in [5, 5.41) is 0. The predicted molar refractivity (Wildman–Crippen MR) is 110 cm³/mol. The van der Waals surface area contributed by atoms with Crippen LogP contribution >= 0.6 is 0 Å². The molecule has 0 heterocycles. The minimum absolute atomic E-state index is 0.639. The lowest BCUT2D eigenvalue weighted by molar-refractivity contribution is 0.491. The van der Waals surface area contributed by atoms with Crippen LogP contribution in [0.25, 0.3) is 0 Å². The molecule has 0 heteroatoms. The average Bonchev–Trinajstić information content (AvgIpc) is 2.60. The molecule has 0 N–H and O–H groups in total. The molecule has 1 unspecified atom stereocenters. The van der Waals surface area contributed by atoms with Crippen molar-refractivity contribution in [3.63, 3.8) is 0 Å². The first-order valence-electron chi connectivity index (χ1n) is 10.8. The molecule has 0 aromatic heterocycles. The molecule has 0 fully saturated rings. The van der Waals surface area contributed by atoms with Crippen molar-refractivity contribution in [2.45, 2.75) is 117 Å². The van der Waals surface area contributed by atoms with Gasteiger partial charge < -0.3 is 0 Å². The summed E-state index contributed by atoms with van der Waals surface area (Å²) in [5.41, 5.74) is 3.06. The van der Waals surface area contributed by atoms with E-state index in [1.54, 1.807) is 5.56 Å². The van der Waals surface area contributed by atoms with Crippen molar-refractivity contribution in [3.05, 3.63) is 35.4 Å². The lowest BCUT2D eigenvalue weighted by atomic mass is 9.87. The molecule has 24 heavy (non-hydrogen) atoms. The van der Waals surface area contributed by atoms with Gasteiger partial charge >= 0.3 is 0 Å². The Hall–Kier alpha value is -0.780. The molecule has 0 aliphatic carbocycles. The fourth-order valence-electron chi connectivity index (χ4n) is 3.62. The lowest BCUT2D eigenvalue weighted by Crippen LogP contribution is -2.01. The van der Waals surface area contributed by atoms with E-state index in [2.05, 4.69) is 52.0 Å². The van der Waals surface area contributed by atoms with Gasteiger partial charge in [-0.05, 0) is 35.8 Å². The number of unbranched alkanes of at least 4 members (excludes halogenated alkanes) is 8. The molecule has 0 amide bonds. The van der Waals surface area contributed by atoms with E-state index in [1.807, 2.05) is 0 Å². The van der Waals surface area contributed by atoms with Crippen LogP contribution in [0, 0.1) is 0 Å². The minimum atomic E-state index is 0.639. The van der Waals surface area contributed by atoms with Gasteiger partial charge in [-0.15, -0.1) is 0 Å². The van der Waals surface area contributed by atoms with E-state index in [4.69, 9.17) is 0 Å². The third-order valence-corrected chi connectivity index (χ3v) is 5.39. The van der Waals surface area contributed by atoms with Gasteiger partial charge in [0.1, 0.15) is 0 Å². The Balaban J connectivity index is 2.49. The van der Waals surface area contributed by atoms with Crippen LogP contribution in [0.1, 0.15) is 128 Å². The van der Waals surface area contributed by atoms with E-state index in [9.17, 15) is 0 Å². The Morgan fingerprint density at radius 1 is 0.583 bits per heavy atom. The number of rotatable bonds is 14. The number of benzene rings is 1. The highest BCUT2D eigenvalue weighted by molar-refractivity contribution is 5.27. The second kappa shape index (κ2) is 13.5. The zero-order valence-corrected chi connectivity index (χ0v) is 16.9. The SMILES string of the molecule is CCCCCCCCC(CCCCCC)c1ccc(C(C)C)cc1. The van der Waals surface area contributed by atoms with Gasteiger partial charge in [-0.3, -0.25) is 0 Å². The Kier molecular flexibility index (Phi) is 12.0. The molecule has 0 spiro atoms. The van der Waals surface area contributed by atoms with Crippen LogP contribution in [-0.2, 0) is 0 Å². The van der Waals surface area contributed by atoms with Gasteiger partial charge in [-0.25, -0.2) is 0 Å². The third-order valence-electron chi connectivity index (χ3n) is 5.39. The van der Waals surface area contributed by atoms with Crippen LogP contribution in [0.15, 0.2) is 24.3 Å². The zero-order valence-electron chi connectivity index (χ0n) is 16.9. The Bertz CT molecular complexity index is 387. The fourth-order valence-corrected chi connectivity index (χ4v) is 3.62. The molecule has 0 bridgehead atoms. The first kappa shape index (κ1) is 21.3.